The minimum absolute atomic E-state index is 0.0261. The van der Waals surface area contributed by atoms with Crippen LogP contribution in [0.2, 0.25) is 0 Å². The van der Waals surface area contributed by atoms with Crippen LogP contribution in [0.3, 0.4) is 0 Å². The van der Waals surface area contributed by atoms with Gasteiger partial charge in [-0.15, -0.1) is 11.3 Å². The van der Waals surface area contributed by atoms with E-state index in [-0.39, 0.29) is 28.8 Å². The van der Waals surface area contributed by atoms with Gasteiger partial charge in [-0.3, -0.25) is 4.79 Å². The zero-order chi connectivity index (χ0) is 15.8. The highest BCUT2D eigenvalue weighted by molar-refractivity contribution is 7.89. The van der Waals surface area contributed by atoms with Crippen molar-refractivity contribution in [3.63, 3.8) is 0 Å². The molecule has 0 saturated carbocycles. The molecule has 0 spiro atoms. The number of hydrogen-bond donors (Lipinski definition) is 2. The maximum atomic E-state index is 12.5. The lowest BCUT2D eigenvalue weighted by Crippen LogP contribution is -2.40. The topological polar surface area (TPSA) is 104 Å². The van der Waals surface area contributed by atoms with Crippen LogP contribution in [0.25, 0.3) is 0 Å². The zero-order valence-electron chi connectivity index (χ0n) is 11.6. The van der Waals surface area contributed by atoms with Crippen LogP contribution in [-0.2, 0) is 14.8 Å². The third-order valence-corrected chi connectivity index (χ3v) is 6.53. The molecule has 1 aromatic heterocycles. The molecule has 0 radical (unpaired) electrons. The Labute approximate surface area is 126 Å². The van der Waals surface area contributed by atoms with E-state index < -0.39 is 21.4 Å². The average molecular weight is 332 g/mol. The van der Waals surface area contributed by atoms with Crippen LogP contribution in [0.4, 0.5) is 0 Å². The average Bonchev–Trinajstić information content (AvgIpc) is 3.05. The standard InChI is InChI=1S/C12H16N2O5S2/c1-12(11(17)13-2)3-4-14(7-12)21(18,19)8-5-9(10(15)16)20-6-8/h5-6H,3-4,7H2,1-2H3,(H,13,17)(H,15,16). The van der Waals surface area contributed by atoms with Gasteiger partial charge in [-0.05, 0) is 19.4 Å². The molecule has 1 fully saturated rings. The second kappa shape index (κ2) is 5.39. The number of thiophene rings is 1. The number of aromatic carboxylic acids is 1. The van der Waals surface area contributed by atoms with Crippen molar-refractivity contribution in [2.24, 2.45) is 5.41 Å². The number of amides is 1. The highest BCUT2D eigenvalue weighted by Gasteiger charge is 2.44. The van der Waals surface area contributed by atoms with Crippen LogP contribution >= 0.6 is 11.3 Å². The maximum absolute atomic E-state index is 12.5. The molecule has 0 aromatic carbocycles. The van der Waals surface area contributed by atoms with Gasteiger partial charge in [0.15, 0.2) is 0 Å². The molecule has 9 heteroatoms. The van der Waals surface area contributed by atoms with Gasteiger partial charge in [0, 0.05) is 25.5 Å². The number of carboxylic acids is 1. The normalized spacial score (nSPS) is 23.1. The number of nitrogens with one attached hydrogen (secondary N) is 1. The minimum Gasteiger partial charge on any atom is -0.477 e. The Bertz CT molecular complexity index is 682. The highest BCUT2D eigenvalue weighted by atomic mass is 32.2. The predicted octanol–water partition coefficient (Wildman–Crippen LogP) is 0.593. The molecule has 1 atom stereocenters. The molecule has 2 rings (SSSR count). The Morgan fingerprint density at radius 3 is 2.67 bits per heavy atom. The van der Waals surface area contributed by atoms with Crippen molar-refractivity contribution in [1.82, 2.24) is 9.62 Å². The van der Waals surface area contributed by atoms with Crippen molar-refractivity contribution in [3.8, 4) is 0 Å². The summed E-state index contributed by atoms with van der Waals surface area (Å²) in [6.07, 6.45) is 0.432. The molecular formula is C12H16N2O5S2. The predicted molar refractivity (Wildman–Crippen MR) is 76.8 cm³/mol. The monoisotopic (exact) mass is 332 g/mol. The van der Waals surface area contributed by atoms with Gasteiger partial charge in [-0.2, -0.15) is 4.31 Å². The van der Waals surface area contributed by atoms with Gasteiger partial charge in [0.25, 0.3) is 0 Å². The third-order valence-electron chi connectivity index (χ3n) is 3.64. The molecule has 1 amide bonds. The van der Waals surface area contributed by atoms with E-state index in [4.69, 9.17) is 5.11 Å². The lowest BCUT2D eigenvalue weighted by Gasteiger charge is -2.22. The molecule has 1 aliphatic heterocycles. The summed E-state index contributed by atoms with van der Waals surface area (Å²) in [5.74, 6) is -1.35. The van der Waals surface area contributed by atoms with Gasteiger partial charge in [0.2, 0.25) is 15.9 Å². The second-order valence-corrected chi connectivity index (χ2v) is 8.03. The fraction of sp³-hybridized carbons (Fsp3) is 0.500. The van der Waals surface area contributed by atoms with Crippen molar-refractivity contribution >= 4 is 33.2 Å². The van der Waals surface area contributed by atoms with E-state index in [0.717, 1.165) is 17.4 Å². The maximum Gasteiger partial charge on any atom is 0.345 e. The van der Waals surface area contributed by atoms with Crippen molar-refractivity contribution in [3.05, 3.63) is 16.3 Å². The smallest absolute Gasteiger partial charge is 0.345 e. The number of carbonyl (C=O) groups excluding carboxylic acids is 1. The van der Waals surface area contributed by atoms with E-state index >= 15 is 0 Å². The first kappa shape index (κ1) is 15.9. The molecule has 1 aromatic rings. The summed E-state index contributed by atoms with van der Waals surface area (Å²) in [5, 5.41) is 12.7. The van der Waals surface area contributed by atoms with Crippen molar-refractivity contribution in [1.29, 1.82) is 0 Å². The molecule has 7 nitrogen and oxygen atoms in total. The van der Waals surface area contributed by atoms with Gasteiger partial charge in [-0.25, -0.2) is 13.2 Å². The van der Waals surface area contributed by atoms with Gasteiger partial charge in [0.05, 0.1) is 10.3 Å². The third kappa shape index (κ3) is 2.81. The quantitative estimate of drug-likeness (QED) is 0.840. The van der Waals surface area contributed by atoms with E-state index in [1.807, 2.05) is 0 Å². The Hall–Kier alpha value is -1.45. The second-order valence-electron chi connectivity index (χ2n) is 5.18. The number of carboxylic acid groups (broad SMARTS) is 1. The number of carbonyl (C=O) groups is 2. The molecule has 116 valence electrons. The highest BCUT2D eigenvalue weighted by Crippen LogP contribution is 2.34. The summed E-state index contributed by atoms with van der Waals surface area (Å²) in [5.41, 5.74) is -0.756. The molecule has 21 heavy (non-hydrogen) atoms. The lowest BCUT2D eigenvalue weighted by molar-refractivity contribution is -0.128. The lowest BCUT2D eigenvalue weighted by atomic mass is 9.89. The summed E-state index contributed by atoms with van der Waals surface area (Å²) < 4.78 is 26.2. The van der Waals surface area contributed by atoms with E-state index in [1.54, 1.807) is 6.92 Å². The Balaban J connectivity index is 2.25. The van der Waals surface area contributed by atoms with Crippen molar-refractivity contribution in [2.45, 2.75) is 18.2 Å². The van der Waals surface area contributed by atoms with Crippen molar-refractivity contribution in [2.75, 3.05) is 20.1 Å². The van der Waals surface area contributed by atoms with Gasteiger partial charge in [-0.1, -0.05) is 0 Å². The van der Waals surface area contributed by atoms with E-state index in [1.165, 1.54) is 16.7 Å². The summed E-state index contributed by atoms with van der Waals surface area (Å²) >= 11 is 0.869. The summed E-state index contributed by atoms with van der Waals surface area (Å²) in [7, 11) is -2.25. The molecule has 2 N–H and O–H groups in total. The summed E-state index contributed by atoms with van der Waals surface area (Å²) in [6, 6.07) is 1.15. The number of sulfonamides is 1. The van der Waals surface area contributed by atoms with Gasteiger partial charge < -0.3 is 10.4 Å². The minimum atomic E-state index is -3.76. The first-order valence-electron chi connectivity index (χ1n) is 6.25. The van der Waals surface area contributed by atoms with Crippen LogP contribution in [0.5, 0.6) is 0 Å². The largest absolute Gasteiger partial charge is 0.477 e. The molecule has 0 aliphatic carbocycles. The molecule has 1 aliphatic rings. The van der Waals surface area contributed by atoms with Gasteiger partial charge >= 0.3 is 5.97 Å². The summed E-state index contributed by atoms with van der Waals surface area (Å²) in [6.45, 7) is 2.05. The van der Waals surface area contributed by atoms with Gasteiger partial charge in [0.1, 0.15) is 4.88 Å². The molecule has 2 heterocycles. The Morgan fingerprint density at radius 2 is 2.14 bits per heavy atom. The van der Waals surface area contributed by atoms with Crippen molar-refractivity contribution < 1.29 is 23.1 Å². The fourth-order valence-corrected chi connectivity index (χ4v) is 4.99. The Kier molecular flexibility index (Phi) is 4.09. The van der Waals surface area contributed by atoms with Crippen LogP contribution in [0.15, 0.2) is 16.3 Å². The number of nitrogens with zero attached hydrogens (tertiary/aromatic N) is 1. The van der Waals surface area contributed by atoms with E-state index in [9.17, 15) is 18.0 Å². The fourth-order valence-electron chi connectivity index (χ4n) is 2.33. The van der Waals surface area contributed by atoms with Crippen LogP contribution < -0.4 is 5.32 Å². The van der Waals surface area contributed by atoms with Crippen LogP contribution in [0.1, 0.15) is 23.0 Å². The summed E-state index contributed by atoms with van der Waals surface area (Å²) in [4.78, 5) is 22.6. The molecule has 1 unspecified atom stereocenters. The number of hydrogen-bond acceptors (Lipinski definition) is 5. The molecule has 1 saturated heterocycles. The Morgan fingerprint density at radius 1 is 1.48 bits per heavy atom. The van der Waals surface area contributed by atoms with Crippen LogP contribution in [0, 0.1) is 5.41 Å². The number of rotatable bonds is 4. The SMILES string of the molecule is CNC(=O)C1(C)CCN(S(=O)(=O)c2csc(C(=O)O)c2)C1. The molecule has 0 bridgehead atoms. The van der Waals surface area contributed by atoms with Crippen LogP contribution in [-0.4, -0.2) is 49.8 Å². The first-order valence-corrected chi connectivity index (χ1v) is 8.57. The van der Waals surface area contributed by atoms with E-state index in [2.05, 4.69) is 5.32 Å². The van der Waals surface area contributed by atoms with E-state index in [0.29, 0.717) is 6.42 Å². The first-order chi connectivity index (χ1) is 9.70. The molecular weight excluding hydrogens is 316 g/mol. The zero-order valence-corrected chi connectivity index (χ0v) is 13.3.